The summed E-state index contributed by atoms with van der Waals surface area (Å²) in [5.74, 6) is 3.57. The molecule has 0 spiro atoms. The zero-order valence-corrected chi connectivity index (χ0v) is 18.8. The predicted octanol–water partition coefficient (Wildman–Crippen LogP) is 4.24. The number of pyridine rings is 2. The van der Waals surface area contributed by atoms with Gasteiger partial charge in [-0.2, -0.15) is 0 Å². The molecule has 0 radical (unpaired) electrons. The van der Waals surface area contributed by atoms with E-state index in [1.165, 1.54) is 0 Å². The predicted molar refractivity (Wildman–Crippen MR) is 131 cm³/mol. The summed E-state index contributed by atoms with van der Waals surface area (Å²) in [6, 6.07) is 18.2. The second kappa shape index (κ2) is 9.24. The minimum Gasteiger partial charge on any atom is -0.497 e. The average molecular weight is 439 g/mol. The van der Waals surface area contributed by atoms with Crippen LogP contribution in [0, 0.1) is 6.92 Å². The highest BCUT2D eigenvalue weighted by molar-refractivity contribution is 5.71. The van der Waals surface area contributed by atoms with E-state index in [1.807, 2.05) is 61.9 Å². The SMILES string of the molecule is COc1ccc(-c2cncc(-c3cc(N4CCN(c5ccccn5)CC4)nc(C)n3)c2)cc1. The Morgan fingerprint density at radius 2 is 1.48 bits per heavy atom. The van der Waals surface area contributed by atoms with E-state index >= 15 is 0 Å². The fourth-order valence-corrected chi connectivity index (χ4v) is 4.09. The van der Waals surface area contributed by atoms with Crippen molar-refractivity contribution in [1.82, 2.24) is 19.9 Å². The van der Waals surface area contributed by atoms with Gasteiger partial charge in [-0.15, -0.1) is 0 Å². The van der Waals surface area contributed by atoms with E-state index in [4.69, 9.17) is 14.7 Å². The molecule has 0 atom stereocenters. The van der Waals surface area contributed by atoms with Crippen molar-refractivity contribution in [2.75, 3.05) is 43.1 Å². The quantitative estimate of drug-likeness (QED) is 0.462. The Balaban J connectivity index is 1.37. The number of piperazine rings is 1. The van der Waals surface area contributed by atoms with Crippen molar-refractivity contribution in [3.8, 4) is 28.1 Å². The van der Waals surface area contributed by atoms with Crippen LogP contribution in [0.4, 0.5) is 11.6 Å². The first kappa shape index (κ1) is 20.9. The van der Waals surface area contributed by atoms with Gasteiger partial charge in [0.05, 0.1) is 12.8 Å². The molecule has 0 bridgehead atoms. The summed E-state index contributed by atoms with van der Waals surface area (Å²) in [4.78, 5) is 23.0. The summed E-state index contributed by atoms with van der Waals surface area (Å²) < 4.78 is 5.27. The third-order valence-electron chi connectivity index (χ3n) is 5.86. The molecular formula is C26H26N6O. The van der Waals surface area contributed by atoms with Gasteiger partial charge in [-0.05, 0) is 42.8 Å². The normalized spacial score (nSPS) is 13.8. The molecule has 0 N–H and O–H groups in total. The number of nitrogens with zero attached hydrogens (tertiary/aromatic N) is 6. The second-order valence-corrected chi connectivity index (χ2v) is 8.01. The van der Waals surface area contributed by atoms with Gasteiger partial charge in [-0.25, -0.2) is 15.0 Å². The van der Waals surface area contributed by atoms with Crippen molar-refractivity contribution < 1.29 is 4.74 Å². The van der Waals surface area contributed by atoms with Gasteiger partial charge in [0.25, 0.3) is 0 Å². The van der Waals surface area contributed by atoms with Gasteiger partial charge in [-0.3, -0.25) is 4.98 Å². The number of ether oxygens (including phenoxy) is 1. The average Bonchev–Trinajstić information content (AvgIpc) is 2.89. The molecule has 0 saturated carbocycles. The third-order valence-corrected chi connectivity index (χ3v) is 5.86. The van der Waals surface area contributed by atoms with Gasteiger partial charge >= 0.3 is 0 Å². The molecule has 7 nitrogen and oxygen atoms in total. The van der Waals surface area contributed by atoms with E-state index in [9.17, 15) is 0 Å². The summed E-state index contributed by atoms with van der Waals surface area (Å²) in [5.41, 5.74) is 3.98. The van der Waals surface area contributed by atoms with Gasteiger partial charge in [0.1, 0.15) is 23.2 Å². The molecule has 7 heteroatoms. The smallest absolute Gasteiger partial charge is 0.132 e. The number of rotatable bonds is 5. The molecule has 1 aliphatic rings. The Bertz CT molecular complexity index is 1220. The van der Waals surface area contributed by atoms with Crippen molar-refractivity contribution in [3.63, 3.8) is 0 Å². The first-order valence-corrected chi connectivity index (χ1v) is 11.1. The minimum atomic E-state index is 0.754. The number of benzene rings is 1. The summed E-state index contributed by atoms with van der Waals surface area (Å²) >= 11 is 0. The highest BCUT2D eigenvalue weighted by Crippen LogP contribution is 2.28. The van der Waals surface area contributed by atoms with Crippen LogP contribution in [0.1, 0.15) is 5.82 Å². The van der Waals surface area contributed by atoms with Crippen LogP contribution >= 0.6 is 0 Å². The number of hydrogen-bond acceptors (Lipinski definition) is 7. The monoisotopic (exact) mass is 438 g/mol. The van der Waals surface area contributed by atoms with E-state index in [-0.39, 0.29) is 0 Å². The molecule has 0 amide bonds. The van der Waals surface area contributed by atoms with Crippen LogP contribution in [0.5, 0.6) is 5.75 Å². The molecule has 1 saturated heterocycles. The van der Waals surface area contributed by atoms with E-state index in [1.54, 1.807) is 7.11 Å². The number of methoxy groups -OCH3 is 1. The maximum atomic E-state index is 5.27. The number of hydrogen-bond donors (Lipinski definition) is 0. The largest absolute Gasteiger partial charge is 0.497 e. The first-order chi connectivity index (χ1) is 16.2. The van der Waals surface area contributed by atoms with Gasteiger partial charge in [0.15, 0.2) is 0 Å². The highest BCUT2D eigenvalue weighted by Gasteiger charge is 2.20. The van der Waals surface area contributed by atoms with Crippen LogP contribution in [0.25, 0.3) is 22.4 Å². The Hall–Kier alpha value is -4.00. The zero-order chi connectivity index (χ0) is 22.6. The summed E-state index contributed by atoms with van der Waals surface area (Å²) in [6.07, 6.45) is 5.57. The summed E-state index contributed by atoms with van der Waals surface area (Å²) in [6.45, 7) is 5.53. The van der Waals surface area contributed by atoms with Gasteiger partial charge in [0.2, 0.25) is 0 Å². The van der Waals surface area contributed by atoms with Crippen molar-refractivity contribution in [3.05, 3.63) is 79.0 Å². The lowest BCUT2D eigenvalue weighted by molar-refractivity contribution is 0.415. The molecule has 0 aliphatic carbocycles. The summed E-state index contributed by atoms with van der Waals surface area (Å²) in [5, 5.41) is 0. The molecule has 33 heavy (non-hydrogen) atoms. The maximum absolute atomic E-state index is 5.27. The Kier molecular flexibility index (Phi) is 5.85. The molecule has 4 aromatic rings. The van der Waals surface area contributed by atoms with Crippen molar-refractivity contribution in [2.24, 2.45) is 0 Å². The van der Waals surface area contributed by atoms with Gasteiger partial charge < -0.3 is 14.5 Å². The molecular weight excluding hydrogens is 412 g/mol. The van der Waals surface area contributed by atoms with Crippen LogP contribution in [0.3, 0.4) is 0 Å². The first-order valence-electron chi connectivity index (χ1n) is 11.1. The fraction of sp³-hybridized carbons (Fsp3) is 0.231. The van der Waals surface area contributed by atoms with Crippen molar-refractivity contribution >= 4 is 11.6 Å². The minimum absolute atomic E-state index is 0.754. The van der Waals surface area contributed by atoms with Crippen LogP contribution in [0.15, 0.2) is 73.2 Å². The Morgan fingerprint density at radius 3 is 2.18 bits per heavy atom. The van der Waals surface area contributed by atoms with Crippen LogP contribution in [-0.4, -0.2) is 53.2 Å². The maximum Gasteiger partial charge on any atom is 0.132 e. The molecule has 5 rings (SSSR count). The lowest BCUT2D eigenvalue weighted by atomic mass is 10.0. The lowest BCUT2D eigenvalue weighted by Gasteiger charge is -2.36. The van der Waals surface area contributed by atoms with E-state index < -0.39 is 0 Å². The highest BCUT2D eigenvalue weighted by atomic mass is 16.5. The zero-order valence-electron chi connectivity index (χ0n) is 18.8. The van der Waals surface area contributed by atoms with Crippen LogP contribution in [0.2, 0.25) is 0 Å². The third kappa shape index (κ3) is 4.62. The molecule has 1 aromatic carbocycles. The van der Waals surface area contributed by atoms with Crippen LogP contribution < -0.4 is 14.5 Å². The van der Waals surface area contributed by atoms with Gasteiger partial charge in [0, 0.05) is 62.0 Å². The fourth-order valence-electron chi connectivity index (χ4n) is 4.09. The molecule has 3 aromatic heterocycles. The second-order valence-electron chi connectivity index (χ2n) is 8.01. The molecule has 1 aliphatic heterocycles. The van der Waals surface area contributed by atoms with Crippen LogP contribution in [-0.2, 0) is 0 Å². The van der Waals surface area contributed by atoms with E-state index in [0.717, 1.165) is 71.8 Å². The van der Waals surface area contributed by atoms with E-state index in [2.05, 4.69) is 38.0 Å². The molecule has 0 unspecified atom stereocenters. The molecule has 1 fully saturated rings. The number of anilines is 2. The topological polar surface area (TPSA) is 67.3 Å². The van der Waals surface area contributed by atoms with Gasteiger partial charge in [-0.1, -0.05) is 18.2 Å². The standard InChI is InChI=1S/C26H26N6O/c1-19-29-24(22-15-21(17-27-18-22)20-6-8-23(33-2)9-7-20)16-26(30-19)32-13-11-31(12-14-32)25-5-3-4-10-28-25/h3-10,15-18H,11-14H2,1-2H3. The Labute approximate surface area is 193 Å². The van der Waals surface area contributed by atoms with Crippen molar-refractivity contribution in [2.45, 2.75) is 6.92 Å². The number of aryl methyl sites for hydroxylation is 1. The number of aromatic nitrogens is 4. The molecule has 4 heterocycles. The summed E-state index contributed by atoms with van der Waals surface area (Å²) in [7, 11) is 1.67. The lowest BCUT2D eigenvalue weighted by Crippen LogP contribution is -2.47. The van der Waals surface area contributed by atoms with Crippen molar-refractivity contribution in [1.29, 1.82) is 0 Å². The van der Waals surface area contributed by atoms with E-state index in [0.29, 0.717) is 0 Å². The Morgan fingerprint density at radius 1 is 0.758 bits per heavy atom. The molecule has 166 valence electrons.